The Balaban J connectivity index is 2.13. The number of ketones is 1. The lowest BCUT2D eigenvalue weighted by molar-refractivity contribution is -0.113. The molecule has 1 atom stereocenters. The molecule has 3 N–H and O–H groups in total. The van der Waals surface area contributed by atoms with E-state index in [-0.39, 0.29) is 5.78 Å². The number of benzene rings is 2. The summed E-state index contributed by atoms with van der Waals surface area (Å²) in [6, 6.07) is 16.7. The number of nitrogens with one attached hydrogen (secondary N) is 1. The fourth-order valence-electron chi connectivity index (χ4n) is 2.80. The quantitative estimate of drug-likeness (QED) is 0.907. The highest BCUT2D eigenvalue weighted by Crippen LogP contribution is 2.34. The Morgan fingerprint density at radius 3 is 2.38 bits per heavy atom. The summed E-state index contributed by atoms with van der Waals surface area (Å²) < 4.78 is 5.19. The van der Waals surface area contributed by atoms with Gasteiger partial charge in [0.25, 0.3) is 0 Å². The van der Waals surface area contributed by atoms with Gasteiger partial charge < -0.3 is 15.8 Å². The summed E-state index contributed by atoms with van der Waals surface area (Å²) >= 11 is 0. The van der Waals surface area contributed by atoms with Crippen LogP contribution >= 0.6 is 0 Å². The second-order valence-corrected chi connectivity index (χ2v) is 5.53. The maximum absolute atomic E-state index is 12.4. The zero-order chi connectivity index (χ0) is 17.1. The molecule has 5 nitrogen and oxygen atoms in total. The molecule has 0 spiro atoms. The summed E-state index contributed by atoms with van der Waals surface area (Å²) in [4.78, 5) is 16.8. The molecule has 0 saturated carbocycles. The van der Waals surface area contributed by atoms with Gasteiger partial charge in [0.15, 0.2) is 11.7 Å². The largest absolute Gasteiger partial charge is 0.497 e. The van der Waals surface area contributed by atoms with Crippen molar-refractivity contribution in [3.8, 4) is 5.75 Å². The van der Waals surface area contributed by atoms with Crippen LogP contribution in [0.5, 0.6) is 5.75 Å². The van der Waals surface area contributed by atoms with Crippen molar-refractivity contribution in [2.45, 2.75) is 13.0 Å². The molecular weight excluding hydrogens is 302 g/mol. The Hall–Kier alpha value is -3.08. The van der Waals surface area contributed by atoms with Gasteiger partial charge in [0, 0.05) is 5.57 Å². The lowest BCUT2D eigenvalue weighted by Gasteiger charge is -2.26. The number of nitrogens with two attached hydrogens (primary N) is 1. The SMILES string of the molecule is COc1ccc(C2N=C(N)NC(c3ccccc3)=C2C(C)=O)cc1. The fraction of sp³-hybridized carbons (Fsp3) is 0.158. The van der Waals surface area contributed by atoms with Crippen LogP contribution in [0.25, 0.3) is 5.70 Å². The third kappa shape index (κ3) is 3.01. The molecule has 0 aliphatic carbocycles. The number of guanidine groups is 1. The monoisotopic (exact) mass is 321 g/mol. The average molecular weight is 321 g/mol. The van der Waals surface area contributed by atoms with E-state index >= 15 is 0 Å². The van der Waals surface area contributed by atoms with Crippen LogP contribution in [0, 0.1) is 0 Å². The van der Waals surface area contributed by atoms with Crippen LogP contribution in [0.1, 0.15) is 24.1 Å². The van der Waals surface area contributed by atoms with Gasteiger partial charge in [-0.05, 0) is 30.2 Å². The lowest BCUT2D eigenvalue weighted by atomic mass is 9.91. The normalized spacial score (nSPS) is 17.1. The molecule has 0 fully saturated rings. The van der Waals surface area contributed by atoms with E-state index < -0.39 is 6.04 Å². The van der Waals surface area contributed by atoms with E-state index in [9.17, 15) is 4.79 Å². The van der Waals surface area contributed by atoms with Crippen LogP contribution in [-0.2, 0) is 4.79 Å². The standard InChI is InChI=1S/C19H19N3O2/c1-12(23)16-17(13-6-4-3-5-7-13)21-19(20)22-18(16)14-8-10-15(24-2)11-9-14/h3-11,18H,1-2H3,(H3,20,21,22). The van der Waals surface area contributed by atoms with E-state index in [1.54, 1.807) is 14.0 Å². The highest BCUT2D eigenvalue weighted by molar-refractivity contribution is 6.06. The van der Waals surface area contributed by atoms with Crippen molar-refractivity contribution in [3.05, 3.63) is 71.3 Å². The number of rotatable bonds is 4. The lowest BCUT2D eigenvalue weighted by Crippen LogP contribution is -2.36. The van der Waals surface area contributed by atoms with E-state index in [1.807, 2.05) is 54.6 Å². The van der Waals surface area contributed by atoms with Gasteiger partial charge in [0.1, 0.15) is 11.8 Å². The first-order valence-corrected chi connectivity index (χ1v) is 7.65. The molecule has 122 valence electrons. The zero-order valence-electron chi connectivity index (χ0n) is 13.6. The van der Waals surface area contributed by atoms with Crippen molar-refractivity contribution in [2.24, 2.45) is 10.7 Å². The molecule has 1 unspecified atom stereocenters. The van der Waals surface area contributed by atoms with Gasteiger partial charge in [0.05, 0.1) is 12.8 Å². The van der Waals surface area contributed by atoms with Gasteiger partial charge >= 0.3 is 0 Å². The minimum absolute atomic E-state index is 0.0431. The summed E-state index contributed by atoms with van der Waals surface area (Å²) in [6.45, 7) is 1.55. The summed E-state index contributed by atoms with van der Waals surface area (Å²) in [5, 5.41) is 3.05. The Labute approximate surface area is 140 Å². The van der Waals surface area contributed by atoms with Gasteiger partial charge in [-0.25, -0.2) is 4.99 Å². The molecule has 0 amide bonds. The van der Waals surface area contributed by atoms with Crippen LogP contribution < -0.4 is 15.8 Å². The summed E-state index contributed by atoms with van der Waals surface area (Å²) in [6.07, 6.45) is 0. The predicted octanol–water partition coefficient (Wildman–Crippen LogP) is 2.65. The van der Waals surface area contributed by atoms with Crippen molar-refractivity contribution < 1.29 is 9.53 Å². The van der Waals surface area contributed by atoms with Crippen molar-refractivity contribution in [2.75, 3.05) is 7.11 Å². The number of Topliss-reactive ketones (excluding diaryl/α,β-unsaturated/α-hetero) is 1. The third-order valence-corrected chi connectivity index (χ3v) is 3.94. The van der Waals surface area contributed by atoms with Crippen LogP contribution in [0.4, 0.5) is 0 Å². The topological polar surface area (TPSA) is 76.7 Å². The number of ether oxygens (including phenoxy) is 1. The molecule has 0 radical (unpaired) electrons. The van der Waals surface area contributed by atoms with E-state index in [0.717, 1.165) is 16.9 Å². The van der Waals surface area contributed by atoms with Crippen molar-refractivity contribution >= 4 is 17.4 Å². The molecule has 5 heteroatoms. The molecule has 2 aromatic rings. The van der Waals surface area contributed by atoms with Gasteiger partial charge in [-0.3, -0.25) is 4.79 Å². The predicted molar refractivity (Wildman–Crippen MR) is 94.5 cm³/mol. The molecule has 0 aromatic heterocycles. The van der Waals surface area contributed by atoms with Gasteiger partial charge in [-0.2, -0.15) is 0 Å². The molecular formula is C19H19N3O2. The molecule has 1 heterocycles. The smallest absolute Gasteiger partial charge is 0.194 e. The maximum Gasteiger partial charge on any atom is 0.194 e. The maximum atomic E-state index is 12.4. The molecule has 0 saturated heterocycles. The molecule has 1 aliphatic rings. The van der Waals surface area contributed by atoms with Gasteiger partial charge in [0.2, 0.25) is 0 Å². The Kier molecular flexibility index (Phi) is 4.33. The minimum Gasteiger partial charge on any atom is -0.497 e. The molecule has 24 heavy (non-hydrogen) atoms. The van der Waals surface area contributed by atoms with Crippen molar-refractivity contribution in [1.29, 1.82) is 0 Å². The van der Waals surface area contributed by atoms with Crippen molar-refractivity contribution in [1.82, 2.24) is 5.32 Å². The van der Waals surface area contributed by atoms with Gasteiger partial charge in [-0.1, -0.05) is 42.5 Å². The Morgan fingerprint density at radius 2 is 1.79 bits per heavy atom. The first-order chi connectivity index (χ1) is 11.6. The molecule has 0 bridgehead atoms. The first-order valence-electron chi connectivity index (χ1n) is 7.65. The van der Waals surface area contributed by atoms with Crippen LogP contribution in [0.2, 0.25) is 0 Å². The zero-order valence-corrected chi connectivity index (χ0v) is 13.6. The van der Waals surface area contributed by atoms with Crippen molar-refractivity contribution in [3.63, 3.8) is 0 Å². The summed E-state index contributed by atoms with van der Waals surface area (Å²) in [7, 11) is 1.62. The number of hydrogen-bond donors (Lipinski definition) is 2. The number of nitrogens with zero attached hydrogens (tertiary/aromatic N) is 1. The second kappa shape index (κ2) is 6.58. The number of hydrogen-bond acceptors (Lipinski definition) is 5. The first kappa shape index (κ1) is 15.8. The average Bonchev–Trinajstić information content (AvgIpc) is 2.61. The highest BCUT2D eigenvalue weighted by atomic mass is 16.5. The number of carbonyl (C=O) groups excluding carboxylic acids is 1. The number of methoxy groups -OCH3 is 1. The van der Waals surface area contributed by atoms with Gasteiger partial charge in [-0.15, -0.1) is 0 Å². The second-order valence-electron chi connectivity index (χ2n) is 5.53. The van der Waals surface area contributed by atoms with Crippen LogP contribution in [0.3, 0.4) is 0 Å². The Morgan fingerprint density at radius 1 is 1.12 bits per heavy atom. The molecule has 3 rings (SSSR count). The van der Waals surface area contributed by atoms with E-state index in [2.05, 4.69) is 10.3 Å². The highest BCUT2D eigenvalue weighted by Gasteiger charge is 2.28. The number of aliphatic imine (C=N–C) groups is 1. The van der Waals surface area contributed by atoms with E-state index in [4.69, 9.17) is 10.5 Å². The summed E-state index contributed by atoms with van der Waals surface area (Å²) in [5.41, 5.74) is 9.07. The number of carbonyl (C=O) groups is 1. The van der Waals surface area contributed by atoms with Crippen LogP contribution in [-0.4, -0.2) is 18.9 Å². The molecule has 2 aromatic carbocycles. The van der Waals surface area contributed by atoms with E-state index in [1.165, 1.54) is 0 Å². The molecule has 1 aliphatic heterocycles. The minimum atomic E-state index is -0.440. The van der Waals surface area contributed by atoms with E-state index in [0.29, 0.717) is 17.2 Å². The Bertz CT molecular complexity index is 808. The van der Waals surface area contributed by atoms with Crippen LogP contribution in [0.15, 0.2) is 65.2 Å². The third-order valence-electron chi connectivity index (χ3n) is 3.94. The fourth-order valence-corrected chi connectivity index (χ4v) is 2.80. The summed E-state index contributed by atoms with van der Waals surface area (Å²) in [5.74, 6) is 0.999.